The number of likely N-dealkylation sites (tertiary alicyclic amines) is 1. The van der Waals surface area contributed by atoms with E-state index in [1.165, 1.54) is 0 Å². The standard InChI is InChI=1S/C26H36N4O5/c1-28-11-13-29(14-12-28)19-9-7-18(8-10-19)25(32)27-22(17-5-3-4-6-17)26(33)30-15-21(34-2)24-23(30)20(31)16-35-24/h7-10,17,21-24H,3-6,11-16H2,1-2H3,(H,27,32)/t21-,22-,23+,24+/m0/s1. The van der Waals surface area contributed by atoms with Crippen molar-refractivity contribution in [1.82, 2.24) is 15.1 Å². The van der Waals surface area contributed by atoms with Gasteiger partial charge in [0, 0.05) is 44.5 Å². The van der Waals surface area contributed by atoms with Crippen LogP contribution < -0.4 is 10.2 Å². The summed E-state index contributed by atoms with van der Waals surface area (Å²) in [4.78, 5) is 45.8. The van der Waals surface area contributed by atoms with Crippen LogP contribution in [-0.2, 0) is 19.1 Å². The van der Waals surface area contributed by atoms with E-state index in [1.807, 2.05) is 24.3 Å². The van der Waals surface area contributed by atoms with E-state index in [0.29, 0.717) is 12.1 Å². The molecule has 1 aromatic carbocycles. The molecule has 3 saturated heterocycles. The Kier molecular flexibility index (Phi) is 7.09. The predicted octanol–water partition coefficient (Wildman–Crippen LogP) is 0.921. The molecule has 9 heteroatoms. The number of Topliss-reactive ketones (excluding diaryl/α,β-unsaturated/α-hetero) is 1. The molecule has 4 atom stereocenters. The molecule has 4 aliphatic rings. The van der Waals surface area contributed by atoms with E-state index in [1.54, 1.807) is 12.0 Å². The van der Waals surface area contributed by atoms with Crippen LogP contribution in [0.25, 0.3) is 0 Å². The average Bonchev–Trinajstić information content (AvgIpc) is 3.62. The summed E-state index contributed by atoms with van der Waals surface area (Å²) in [5, 5.41) is 3.04. The molecule has 1 N–H and O–H groups in total. The largest absolute Gasteiger partial charge is 0.377 e. The number of carbonyl (C=O) groups is 3. The van der Waals surface area contributed by atoms with E-state index in [0.717, 1.165) is 57.5 Å². The SMILES string of the molecule is CO[C@H]1CN(C(=O)[C@@H](NC(=O)c2ccc(N3CCN(C)CC3)cc2)C2CCCC2)[C@@H]2C(=O)CO[C@H]12. The Labute approximate surface area is 206 Å². The fourth-order valence-corrected chi connectivity index (χ4v) is 6.01. The molecule has 0 unspecified atom stereocenters. The Morgan fingerprint density at radius 1 is 1.09 bits per heavy atom. The van der Waals surface area contributed by atoms with Crippen molar-refractivity contribution < 1.29 is 23.9 Å². The minimum Gasteiger partial charge on any atom is -0.377 e. The number of methoxy groups -OCH3 is 1. The summed E-state index contributed by atoms with van der Waals surface area (Å²) in [6, 6.07) is 6.34. The van der Waals surface area contributed by atoms with Gasteiger partial charge in [0.1, 0.15) is 30.9 Å². The molecule has 0 radical (unpaired) electrons. The monoisotopic (exact) mass is 484 g/mol. The third-order valence-electron chi connectivity index (χ3n) is 8.15. The molecule has 0 bridgehead atoms. The van der Waals surface area contributed by atoms with Gasteiger partial charge in [-0.2, -0.15) is 0 Å². The number of piperazine rings is 1. The molecule has 4 fully saturated rings. The minimum atomic E-state index is -0.660. The number of nitrogens with zero attached hydrogens (tertiary/aromatic N) is 3. The fourth-order valence-electron chi connectivity index (χ4n) is 6.01. The summed E-state index contributed by atoms with van der Waals surface area (Å²) in [7, 11) is 3.70. The number of nitrogens with one attached hydrogen (secondary N) is 1. The van der Waals surface area contributed by atoms with Crippen LogP contribution in [0.1, 0.15) is 36.0 Å². The van der Waals surface area contributed by atoms with Crippen LogP contribution >= 0.6 is 0 Å². The van der Waals surface area contributed by atoms with Gasteiger partial charge in [0.2, 0.25) is 5.91 Å². The first-order valence-electron chi connectivity index (χ1n) is 12.8. The summed E-state index contributed by atoms with van der Waals surface area (Å²) < 4.78 is 11.1. The number of carbonyl (C=O) groups excluding carboxylic acids is 3. The maximum absolute atomic E-state index is 13.8. The molecule has 2 amide bonds. The Bertz CT molecular complexity index is 940. The van der Waals surface area contributed by atoms with Gasteiger partial charge in [-0.05, 0) is 50.1 Å². The lowest BCUT2D eigenvalue weighted by molar-refractivity contribution is -0.139. The second-order valence-corrected chi connectivity index (χ2v) is 10.3. The topological polar surface area (TPSA) is 91.4 Å². The summed E-state index contributed by atoms with van der Waals surface area (Å²) in [6.07, 6.45) is 3.09. The number of likely N-dealkylation sites (N-methyl/N-ethyl adjacent to an activating group) is 1. The van der Waals surface area contributed by atoms with Crippen molar-refractivity contribution >= 4 is 23.3 Å². The first-order valence-corrected chi connectivity index (χ1v) is 12.8. The van der Waals surface area contributed by atoms with Gasteiger partial charge in [-0.1, -0.05) is 12.8 Å². The second-order valence-electron chi connectivity index (χ2n) is 10.3. The van der Waals surface area contributed by atoms with Crippen molar-refractivity contribution in [3.8, 4) is 0 Å². The van der Waals surface area contributed by atoms with Crippen LogP contribution in [0.5, 0.6) is 0 Å². The highest BCUT2D eigenvalue weighted by atomic mass is 16.5. The van der Waals surface area contributed by atoms with Gasteiger partial charge >= 0.3 is 0 Å². The van der Waals surface area contributed by atoms with Gasteiger partial charge in [0.05, 0.1) is 6.54 Å². The van der Waals surface area contributed by atoms with Gasteiger partial charge in [-0.3, -0.25) is 14.4 Å². The number of ketones is 1. The number of fused-ring (bicyclic) bond motifs is 1. The van der Waals surface area contributed by atoms with Gasteiger partial charge in [0.15, 0.2) is 5.78 Å². The maximum atomic E-state index is 13.8. The first kappa shape index (κ1) is 24.2. The van der Waals surface area contributed by atoms with Crippen LogP contribution in [-0.4, -0.2) is 105 Å². The van der Waals surface area contributed by atoms with E-state index in [2.05, 4.69) is 22.2 Å². The molecule has 35 heavy (non-hydrogen) atoms. The summed E-state index contributed by atoms with van der Waals surface area (Å²) in [5.41, 5.74) is 1.64. The molecule has 1 saturated carbocycles. The zero-order chi connectivity index (χ0) is 24.5. The molecular formula is C26H36N4O5. The highest BCUT2D eigenvalue weighted by molar-refractivity contribution is 5.99. The Hall–Kier alpha value is -2.49. The molecule has 190 valence electrons. The zero-order valence-electron chi connectivity index (χ0n) is 20.7. The Morgan fingerprint density at radius 2 is 1.77 bits per heavy atom. The fraction of sp³-hybridized carbons (Fsp3) is 0.654. The molecule has 3 aliphatic heterocycles. The minimum absolute atomic E-state index is 0.000911. The van der Waals surface area contributed by atoms with Crippen molar-refractivity contribution in [3.63, 3.8) is 0 Å². The number of hydrogen-bond acceptors (Lipinski definition) is 7. The van der Waals surface area contributed by atoms with Crippen LogP contribution in [0.3, 0.4) is 0 Å². The smallest absolute Gasteiger partial charge is 0.251 e. The number of anilines is 1. The van der Waals surface area contributed by atoms with Crippen molar-refractivity contribution in [2.45, 2.75) is 50.0 Å². The highest BCUT2D eigenvalue weighted by Crippen LogP contribution is 2.33. The first-order chi connectivity index (χ1) is 17.0. The summed E-state index contributed by atoms with van der Waals surface area (Å²) in [5.74, 6) is -0.492. The highest BCUT2D eigenvalue weighted by Gasteiger charge is 2.54. The van der Waals surface area contributed by atoms with Gasteiger partial charge in [-0.15, -0.1) is 0 Å². The summed E-state index contributed by atoms with van der Waals surface area (Å²) in [6.45, 7) is 4.26. The van der Waals surface area contributed by atoms with Gasteiger partial charge < -0.3 is 29.5 Å². The van der Waals surface area contributed by atoms with Crippen molar-refractivity contribution in [2.24, 2.45) is 5.92 Å². The summed E-state index contributed by atoms with van der Waals surface area (Å²) >= 11 is 0. The molecule has 5 rings (SSSR count). The van der Waals surface area contributed by atoms with Crippen molar-refractivity contribution in [2.75, 3.05) is 58.4 Å². The van der Waals surface area contributed by atoms with Crippen LogP contribution in [0.4, 0.5) is 5.69 Å². The van der Waals surface area contributed by atoms with Crippen LogP contribution in [0.15, 0.2) is 24.3 Å². The predicted molar refractivity (Wildman–Crippen MR) is 130 cm³/mol. The van der Waals surface area contributed by atoms with E-state index >= 15 is 0 Å². The van der Waals surface area contributed by atoms with E-state index in [4.69, 9.17) is 9.47 Å². The number of rotatable bonds is 6. The normalized spacial score (nSPS) is 28.4. The molecule has 1 aliphatic carbocycles. The molecule has 0 aromatic heterocycles. The lowest BCUT2D eigenvalue weighted by Crippen LogP contribution is -2.54. The van der Waals surface area contributed by atoms with Crippen LogP contribution in [0, 0.1) is 5.92 Å². The van der Waals surface area contributed by atoms with Gasteiger partial charge in [-0.25, -0.2) is 0 Å². The van der Waals surface area contributed by atoms with Gasteiger partial charge in [0.25, 0.3) is 5.91 Å². The van der Waals surface area contributed by atoms with E-state index < -0.39 is 18.2 Å². The molecule has 3 heterocycles. The number of hydrogen-bond donors (Lipinski definition) is 1. The number of amides is 2. The molecule has 0 spiro atoms. The third-order valence-corrected chi connectivity index (χ3v) is 8.15. The molecular weight excluding hydrogens is 448 g/mol. The lowest BCUT2D eigenvalue weighted by Gasteiger charge is -2.34. The lowest BCUT2D eigenvalue weighted by atomic mass is 9.95. The zero-order valence-corrected chi connectivity index (χ0v) is 20.7. The molecule has 9 nitrogen and oxygen atoms in total. The quantitative estimate of drug-likeness (QED) is 0.642. The van der Waals surface area contributed by atoms with Crippen molar-refractivity contribution in [3.05, 3.63) is 29.8 Å². The maximum Gasteiger partial charge on any atom is 0.251 e. The van der Waals surface area contributed by atoms with E-state index in [9.17, 15) is 14.4 Å². The van der Waals surface area contributed by atoms with E-state index in [-0.39, 0.29) is 36.2 Å². The number of ether oxygens (including phenoxy) is 2. The molecule has 1 aromatic rings. The Balaban J connectivity index is 1.30. The van der Waals surface area contributed by atoms with Crippen molar-refractivity contribution in [1.29, 1.82) is 0 Å². The third kappa shape index (κ3) is 4.81. The van der Waals surface area contributed by atoms with Crippen LogP contribution in [0.2, 0.25) is 0 Å². The average molecular weight is 485 g/mol. The number of benzene rings is 1. The second kappa shape index (κ2) is 10.2. The Morgan fingerprint density at radius 3 is 2.43 bits per heavy atom.